The SMILES string of the molecule is CCOC1(O[Si](C)(C)C(C)(C)C)Cc2cc(C3OCCO3)c3c(c21)C1(C3)OCCO1. The predicted octanol–water partition coefficient (Wildman–Crippen LogP) is 4.25. The number of hydrogen-bond donors (Lipinski definition) is 0. The summed E-state index contributed by atoms with van der Waals surface area (Å²) in [5.41, 5.74) is 5.78. The molecule has 1 spiro atoms. The van der Waals surface area contributed by atoms with Gasteiger partial charge in [0.05, 0.1) is 26.4 Å². The second-order valence-corrected chi connectivity index (χ2v) is 15.0. The zero-order valence-corrected chi connectivity index (χ0v) is 20.1. The zero-order chi connectivity index (χ0) is 21.4. The van der Waals surface area contributed by atoms with Crippen molar-refractivity contribution in [2.45, 2.75) is 76.5 Å². The fourth-order valence-corrected chi connectivity index (χ4v) is 6.29. The van der Waals surface area contributed by atoms with Crippen molar-refractivity contribution >= 4 is 8.32 Å². The minimum Gasteiger partial charge on any atom is -0.386 e. The summed E-state index contributed by atoms with van der Waals surface area (Å²) in [4.78, 5) is 0. The van der Waals surface area contributed by atoms with Crippen molar-refractivity contribution in [1.82, 2.24) is 0 Å². The molecule has 1 atom stereocenters. The third-order valence-corrected chi connectivity index (χ3v) is 11.8. The summed E-state index contributed by atoms with van der Waals surface area (Å²) >= 11 is 0. The molecular formula is C23H34O6Si. The maximum Gasteiger partial charge on any atom is 0.199 e. The number of ether oxygens (including phenoxy) is 5. The summed E-state index contributed by atoms with van der Waals surface area (Å²) in [7, 11) is -2.08. The lowest BCUT2D eigenvalue weighted by atomic mass is 9.66. The molecule has 2 fully saturated rings. The average Bonchev–Trinajstić information content (AvgIpc) is 3.33. The van der Waals surface area contributed by atoms with Gasteiger partial charge in [-0.25, -0.2) is 0 Å². The fraction of sp³-hybridized carbons (Fsp3) is 0.739. The molecule has 2 aliphatic heterocycles. The Kier molecular flexibility index (Phi) is 4.81. The standard InChI is InChI=1S/C23H34O6Si/c1-7-26-23(29-30(5,6)21(2,3)4)13-15-12-16(20-24-8-9-25-20)17-14-22(19(17)18(15)23)27-10-11-28-22/h12,20H,7-11,13-14H2,1-6H3. The molecule has 0 saturated carbocycles. The summed E-state index contributed by atoms with van der Waals surface area (Å²) in [6.45, 7) is 16.5. The number of fused-ring (bicyclic) bond motifs is 4. The van der Waals surface area contributed by atoms with E-state index in [-0.39, 0.29) is 11.3 Å². The van der Waals surface area contributed by atoms with Crippen molar-refractivity contribution < 1.29 is 28.1 Å². The van der Waals surface area contributed by atoms with Crippen LogP contribution in [-0.2, 0) is 52.5 Å². The molecule has 2 heterocycles. The first-order valence-electron chi connectivity index (χ1n) is 11.2. The van der Waals surface area contributed by atoms with E-state index in [2.05, 4.69) is 39.9 Å². The molecule has 7 heteroatoms. The molecule has 6 nitrogen and oxygen atoms in total. The Bertz CT molecular complexity index is 848. The summed E-state index contributed by atoms with van der Waals surface area (Å²) in [5, 5.41) is 0.0868. The highest BCUT2D eigenvalue weighted by molar-refractivity contribution is 6.74. The van der Waals surface area contributed by atoms with E-state index in [0.717, 1.165) is 29.5 Å². The van der Waals surface area contributed by atoms with E-state index in [1.54, 1.807) is 0 Å². The molecule has 30 heavy (non-hydrogen) atoms. The summed E-state index contributed by atoms with van der Waals surface area (Å²) in [5.74, 6) is -1.40. The van der Waals surface area contributed by atoms with Crippen LogP contribution in [0.3, 0.4) is 0 Å². The van der Waals surface area contributed by atoms with Crippen LogP contribution in [0.5, 0.6) is 0 Å². The van der Waals surface area contributed by atoms with Crippen LogP contribution in [0.4, 0.5) is 0 Å². The Morgan fingerprint density at radius 1 is 1.03 bits per heavy atom. The maximum absolute atomic E-state index is 6.97. The lowest BCUT2D eigenvalue weighted by Gasteiger charge is -2.55. The molecule has 2 aliphatic carbocycles. The quantitative estimate of drug-likeness (QED) is 0.510. The Morgan fingerprint density at radius 3 is 2.30 bits per heavy atom. The zero-order valence-electron chi connectivity index (χ0n) is 19.1. The fourth-order valence-electron chi connectivity index (χ4n) is 4.92. The first-order chi connectivity index (χ1) is 14.1. The van der Waals surface area contributed by atoms with E-state index < -0.39 is 19.9 Å². The monoisotopic (exact) mass is 434 g/mol. The molecule has 0 N–H and O–H groups in total. The van der Waals surface area contributed by atoms with Gasteiger partial charge in [-0.3, -0.25) is 0 Å². The highest BCUT2D eigenvalue weighted by Crippen LogP contribution is 2.59. The molecule has 2 saturated heterocycles. The number of benzene rings is 1. The highest BCUT2D eigenvalue weighted by Gasteiger charge is 2.61. The van der Waals surface area contributed by atoms with Gasteiger partial charge in [-0.05, 0) is 42.2 Å². The van der Waals surface area contributed by atoms with Crippen molar-refractivity contribution in [3.8, 4) is 0 Å². The van der Waals surface area contributed by atoms with Gasteiger partial charge in [0, 0.05) is 36.1 Å². The third kappa shape index (κ3) is 2.90. The first-order valence-corrected chi connectivity index (χ1v) is 14.1. The third-order valence-electron chi connectivity index (χ3n) is 7.38. The van der Waals surface area contributed by atoms with E-state index in [4.69, 9.17) is 28.1 Å². The number of rotatable bonds is 5. The molecular weight excluding hydrogens is 400 g/mol. The second-order valence-electron chi connectivity index (χ2n) is 10.3. The van der Waals surface area contributed by atoms with Gasteiger partial charge in [0.2, 0.25) is 0 Å². The van der Waals surface area contributed by atoms with Crippen molar-refractivity contribution in [3.05, 3.63) is 33.9 Å². The van der Waals surface area contributed by atoms with Crippen LogP contribution in [-0.4, -0.2) is 41.4 Å². The molecule has 0 bridgehead atoms. The van der Waals surface area contributed by atoms with Crippen LogP contribution < -0.4 is 0 Å². The molecule has 4 aliphatic rings. The van der Waals surface area contributed by atoms with Crippen LogP contribution in [0.25, 0.3) is 0 Å². The lowest BCUT2D eigenvalue weighted by Crippen LogP contribution is -2.57. The van der Waals surface area contributed by atoms with Gasteiger partial charge in [0.1, 0.15) is 0 Å². The van der Waals surface area contributed by atoms with Crippen LogP contribution in [0.2, 0.25) is 18.1 Å². The lowest BCUT2D eigenvalue weighted by molar-refractivity contribution is -0.227. The van der Waals surface area contributed by atoms with Gasteiger partial charge in [-0.15, -0.1) is 0 Å². The predicted molar refractivity (Wildman–Crippen MR) is 114 cm³/mol. The highest BCUT2D eigenvalue weighted by atomic mass is 28.4. The van der Waals surface area contributed by atoms with Crippen LogP contribution >= 0.6 is 0 Å². The van der Waals surface area contributed by atoms with Gasteiger partial charge in [0.15, 0.2) is 26.2 Å². The van der Waals surface area contributed by atoms with Gasteiger partial charge in [-0.2, -0.15) is 0 Å². The normalized spacial score (nSPS) is 27.7. The molecule has 1 aromatic carbocycles. The Hall–Kier alpha value is -0.803. The molecule has 0 aromatic heterocycles. The smallest absolute Gasteiger partial charge is 0.199 e. The topological polar surface area (TPSA) is 55.4 Å². The maximum atomic E-state index is 6.97. The van der Waals surface area contributed by atoms with Crippen LogP contribution in [0, 0.1) is 0 Å². The van der Waals surface area contributed by atoms with Crippen molar-refractivity contribution in [2.24, 2.45) is 0 Å². The Labute approximate surface area is 180 Å². The van der Waals surface area contributed by atoms with Gasteiger partial charge < -0.3 is 28.1 Å². The van der Waals surface area contributed by atoms with E-state index >= 15 is 0 Å². The minimum absolute atomic E-state index is 0.0868. The Balaban J connectivity index is 1.62. The van der Waals surface area contributed by atoms with Crippen molar-refractivity contribution in [2.75, 3.05) is 33.0 Å². The van der Waals surface area contributed by atoms with E-state index in [1.807, 2.05) is 6.92 Å². The largest absolute Gasteiger partial charge is 0.386 e. The summed E-state index contributed by atoms with van der Waals surface area (Å²) < 4.78 is 37.4. The van der Waals surface area contributed by atoms with Gasteiger partial charge >= 0.3 is 0 Å². The minimum atomic E-state index is -2.08. The molecule has 0 amide bonds. The average molecular weight is 435 g/mol. The number of hydrogen-bond acceptors (Lipinski definition) is 6. The van der Waals surface area contributed by atoms with Crippen molar-refractivity contribution in [1.29, 1.82) is 0 Å². The van der Waals surface area contributed by atoms with E-state index in [1.165, 1.54) is 11.1 Å². The molecule has 1 unspecified atom stereocenters. The molecule has 0 radical (unpaired) electrons. The molecule has 166 valence electrons. The van der Waals surface area contributed by atoms with E-state index in [0.29, 0.717) is 33.0 Å². The van der Waals surface area contributed by atoms with Crippen LogP contribution in [0.1, 0.15) is 61.8 Å². The summed E-state index contributed by atoms with van der Waals surface area (Å²) in [6, 6.07) is 2.23. The molecule has 1 aromatic rings. The van der Waals surface area contributed by atoms with Crippen molar-refractivity contribution in [3.63, 3.8) is 0 Å². The van der Waals surface area contributed by atoms with E-state index in [9.17, 15) is 0 Å². The van der Waals surface area contributed by atoms with Crippen LogP contribution in [0.15, 0.2) is 6.07 Å². The second kappa shape index (κ2) is 6.85. The first kappa shape index (κ1) is 21.1. The van der Waals surface area contributed by atoms with Gasteiger partial charge in [0.25, 0.3) is 0 Å². The Morgan fingerprint density at radius 2 is 1.70 bits per heavy atom. The summed E-state index contributed by atoms with van der Waals surface area (Å²) in [6.07, 6.45) is 1.15. The van der Waals surface area contributed by atoms with Gasteiger partial charge in [-0.1, -0.05) is 20.8 Å². The molecule has 5 rings (SSSR count).